The average molecular weight is 376 g/mol. The molecule has 7 heteroatoms. The number of sulfonamides is 1. The van der Waals surface area contributed by atoms with E-state index in [9.17, 15) is 8.42 Å². The van der Waals surface area contributed by atoms with Crippen molar-refractivity contribution in [3.63, 3.8) is 0 Å². The summed E-state index contributed by atoms with van der Waals surface area (Å²) in [5.74, 6) is 0.428. The van der Waals surface area contributed by atoms with Gasteiger partial charge in [-0.3, -0.25) is 0 Å². The van der Waals surface area contributed by atoms with Crippen LogP contribution in [0.4, 0.5) is 5.82 Å². The lowest BCUT2D eigenvalue weighted by atomic mass is 10.1. The molecule has 0 spiro atoms. The van der Waals surface area contributed by atoms with Crippen molar-refractivity contribution < 1.29 is 8.42 Å². The van der Waals surface area contributed by atoms with E-state index in [1.165, 1.54) is 0 Å². The van der Waals surface area contributed by atoms with Gasteiger partial charge in [-0.1, -0.05) is 12.8 Å². The van der Waals surface area contributed by atoms with E-state index in [0.29, 0.717) is 23.4 Å². The summed E-state index contributed by atoms with van der Waals surface area (Å²) in [5.41, 5.74) is 0. The monoisotopic (exact) mass is 375 g/mol. The van der Waals surface area contributed by atoms with Crippen LogP contribution in [0.3, 0.4) is 0 Å². The van der Waals surface area contributed by atoms with Gasteiger partial charge in [0.1, 0.15) is 10.7 Å². The molecule has 0 aromatic carbocycles. The molecule has 2 rings (SSSR count). The van der Waals surface area contributed by atoms with Gasteiger partial charge in [-0.05, 0) is 48.7 Å². The number of hydrogen-bond donors (Lipinski definition) is 1. The summed E-state index contributed by atoms with van der Waals surface area (Å²) in [4.78, 5) is 4.47. The first-order valence-electron chi connectivity index (χ1n) is 7.38. The lowest BCUT2D eigenvalue weighted by Gasteiger charge is -2.27. The van der Waals surface area contributed by atoms with Gasteiger partial charge in [0.15, 0.2) is 0 Å². The third kappa shape index (κ3) is 3.76. The molecule has 1 aromatic rings. The average Bonchev–Trinajstić information content (AvgIpc) is 2.66. The first-order chi connectivity index (χ1) is 9.96. The third-order valence-corrected chi connectivity index (χ3v) is 6.20. The van der Waals surface area contributed by atoms with Crippen molar-refractivity contribution in [3.8, 4) is 0 Å². The Morgan fingerprint density at radius 3 is 2.90 bits per heavy atom. The highest BCUT2D eigenvalue weighted by atomic mass is 79.9. The van der Waals surface area contributed by atoms with E-state index in [0.717, 1.165) is 25.7 Å². The highest BCUT2D eigenvalue weighted by Crippen LogP contribution is 2.29. The molecule has 0 aliphatic carbocycles. The highest BCUT2D eigenvalue weighted by Gasteiger charge is 2.32. The van der Waals surface area contributed by atoms with Crippen LogP contribution in [0.15, 0.2) is 21.6 Å². The molecule has 0 bridgehead atoms. The topological polar surface area (TPSA) is 62.3 Å². The fourth-order valence-electron chi connectivity index (χ4n) is 2.65. The molecule has 1 fully saturated rings. The maximum atomic E-state index is 13.0. The molecule has 1 aliphatic heterocycles. The number of nitrogens with one attached hydrogen (secondary N) is 1. The van der Waals surface area contributed by atoms with Gasteiger partial charge >= 0.3 is 0 Å². The van der Waals surface area contributed by atoms with E-state index < -0.39 is 10.0 Å². The first-order valence-corrected chi connectivity index (χ1v) is 9.61. The van der Waals surface area contributed by atoms with Crippen LogP contribution in [-0.2, 0) is 10.0 Å². The van der Waals surface area contributed by atoms with Crippen LogP contribution < -0.4 is 5.32 Å². The lowest BCUT2D eigenvalue weighted by molar-refractivity contribution is 0.342. The van der Waals surface area contributed by atoms with Crippen molar-refractivity contribution >= 4 is 31.8 Å². The van der Waals surface area contributed by atoms with Crippen molar-refractivity contribution in [1.82, 2.24) is 9.29 Å². The molecule has 0 saturated carbocycles. The van der Waals surface area contributed by atoms with Gasteiger partial charge in [0, 0.05) is 29.8 Å². The molecule has 0 amide bonds. The summed E-state index contributed by atoms with van der Waals surface area (Å²) in [7, 11) is -3.53. The van der Waals surface area contributed by atoms with Crippen molar-refractivity contribution in [2.75, 3.05) is 18.4 Å². The van der Waals surface area contributed by atoms with E-state index in [1.807, 2.05) is 13.8 Å². The van der Waals surface area contributed by atoms with Crippen LogP contribution >= 0.6 is 15.9 Å². The van der Waals surface area contributed by atoms with Crippen molar-refractivity contribution in [3.05, 3.63) is 16.7 Å². The normalized spacial score (nSPS) is 21.0. The zero-order valence-electron chi connectivity index (χ0n) is 12.5. The van der Waals surface area contributed by atoms with Crippen molar-refractivity contribution in [1.29, 1.82) is 0 Å². The Balaban J connectivity index is 2.44. The van der Waals surface area contributed by atoms with E-state index in [2.05, 4.69) is 26.2 Å². The smallest absolute Gasteiger partial charge is 0.247 e. The molecular formula is C14H22BrN3O2S. The maximum absolute atomic E-state index is 13.0. The van der Waals surface area contributed by atoms with Gasteiger partial charge < -0.3 is 5.32 Å². The van der Waals surface area contributed by atoms with Crippen LogP contribution in [0.5, 0.6) is 0 Å². The molecule has 1 aromatic heterocycles. The number of rotatable bonds is 4. The molecule has 5 nitrogen and oxygen atoms in total. The van der Waals surface area contributed by atoms with Crippen molar-refractivity contribution in [2.45, 2.75) is 50.5 Å². The second-order valence-corrected chi connectivity index (χ2v) is 8.12. The Morgan fingerprint density at radius 1 is 1.43 bits per heavy atom. The van der Waals surface area contributed by atoms with Crippen LogP contribution in [0.1, 0.15) is 39.5 Å². The summed E-state index contributed by atoms with van der Waals surface area (Å²) < 4.78 is 28.3. The maximum Gasteiger partial charge on any atom is 0.247 e. The Bertz CT molecular complexity index is 592. The van der Waals surface area contributed by atoms with Gasteiger partial charge in [0.05, 0.1) is 0 Å². The quantitative estimate of drug-likeness (QED) is 0.877. The Hall–Kier alpha value is -0.660. The summed E-state index contributed by atoms with van der Waals surface area (Å²) in [6, 6.07) is 1.67. The molecule has 1 aliphatic rings. The van der Waals surface area contributed by atoms with Crippen LogP contribution in [0, 0.1) is 0 Å². The summed E-state index contributed by atoms with van der Waals surface area (Å²) in [5, 5.41) is 3.04. The molecule has 21 heavy (non-hydrogen) atoms. The number of aromatic nitrogens is 1. The third-order valence-electron chi connectivity index (χ3n) is 3.74. The van der Waals surface area contributed by atoms with Gasteiger partial charge in [-0.15, -0.1) is 0 Å². The largest absolute Gasteiger partial charge is 0.369 e. The van der Waals surface area contributed by atoms with Gasteiger partial charge in [0.25, 0.3) is 0 Å². The SMILES string of the molecule is CCNc1ncc(Br)cc1S(=O)(=O)N1CCCCCC1C. The number of hydrogen-bond acceptors (Lipinski definition) is 4. The molecule has 1 unspecified atom stereocenters. The zero-order chi connectivity index (χ0) is 15.5. The van der Waals surface area contributed by atoms with Gasteiger partial charge in [0.2, 0.25) is 10.0 Å². The summed E-state index contributed by atoms with van der Waals surface area (Å²) in [6.07, 6.45) is 5.62. The fraction of sp³-hybridized carbons (Fsp3) is 0.643. The van der Waals surface area contributed by atoms with Crippen molar-refractivity contribution in [2.24, 2.45) is 0 Å². The van der Waals surface area contributed by atoms with Crippen LogP contribution in [0.25, 0.3) is 0 Å². The van der Waals surface area contributed by atoms with E-state index in [-0.39, 0.29) is 10.9 Å². The summed E-state index contributed by atoms with van der Waals surface area (Å²) in [6.45, 7) is 5.13. The first kappa shape index (κ1) is 16.7. The lowest BCUT2D eigenvalue weighted by Crippen LogP contribution is -2.38. The Morgan fingerprint density at radius 2 is 2.19 bits per heavy atom. The Kier molecular flexibility index (Phi) is 5.62. The number of anilines is 1. The van der Waals surface area contributed by atoms with E-state index >= 15 is 0 Å². The molecule has 2 heterocycles. The predicted octanol–water partition coefficient (Wildman–Crippen LogP) is 3.23. The second kappa shape index (κ2) is 7.07. The minimum Gasteiger partial charge on any atom is -0.369 e. The van der Waals surface area contributed by atoms with Gasteiger partial charge in [-0.25, -0.2) is 13.4 Å². The minimum atomic E-state index is -3.53. The number of pyridine rings is 1. The van der Waals surface area contributed by atoms with E-state index in [4.69, 9.17) is 0 Å². The summed E-state index contributed by atoms with van der Waals surface area (Å²) >= 11 is 3.32. The predicted molar refractivity (Wildman–Crippen MR) is 87.9 cm³/mol. The molecule has 1 saturated heterocycles. The molecule has 118 valence electrons. The molecule has 1 atom stereocenters. The highest BCUT2D eigenvalue weighted by molar-refractivity contribution is 9.10. The minimum absolute atomic E-state index is 0.0333. The number of nitrogens with zero attached hydrogens (tertiary/aromatic N) is 2. The second-order valence-electron chi connectivity index (χ2n) is 5.34. The zero-order valence-corrected chi connectivity index (χ0v) is 14.9. The molecule has 1 N–H and O–H groups in total. The van der Waals surface area contributed by atoms with Crippen LogP contribution in [-0.4, -0.2) is 36.8 Å². The molecular weight excluding hydrogens is 354 g/mol. The van der Waals surface area contributed by atoms with Gasteiger partial charge in [-0.2, -0.15) is 4.31 Å². The standard InChI is InChI=1S/C14H22BrN3O2S/c1-3-16-14-13(9-12(15)10-17-14)21(19,20)18-8-6-4-5-7-11(18)2/h9-11H,3-8H2,1-2H3,(H,16,17). The number of halogens is 1. The fourth-order valence-corrected chi connectivity index (χ4v) is 4.98. The van der Waals surface area contributed by atoms with E-state index in [1.54, 1.807) is 16.6 Å². The molecule has 0 radical (unpaired) electrons. The van der Waals surface area contributed by atoms with Crippen LogP contribution in [0.2, 0.25) is 0 Å². The Labute approximate surface area is 135 Å².